The van der Waals surface area contributed by atoms with Gasteiger partial charge in [0.1, 0.15) is 5.25 Å². The van der Waals surface area contributed by atoms with E-state index in [0.717, 1.165) is 12.2 Å². The van der Waals surface area contributed by atoms with Gasteiger partial charge in [0.05, 0.1) is 0 Å². The zero-order valence-corrected chi connectivity index (χ0v) is 4.49. The van der Waals surface area contributed by atoms with Crippen LogP contribution in [0.3, 0.4) is 0 Å². The molecule has 1 radical (unpaired) electrons. The van der Waals surface area contributed by atoms with Gasteiger partial charge in [0.25, 0.3) is 0 Å². The van der Waals surface area contributed by atoms with Gasteiger partial charge >= 0.3 is 5.97 Å². The molecule has 39 valence electrons. The Hall–Kier alpha value is -0.180. The maximum atomic E-state index is 9.92. The van der Waals surface area contributed by atoms with Crippen LogP contribution in [0, 0.1) is 5.25 Å². The smallest absolute Gasteiger partial charge is 0.321 e. The molecular formula is C4H5O2S. The third-order valence-electron chi connectivity index (χ3n) is 0.844. The average molecular weight is 117 g/mol. The van der Waals surface area contributed by atoms with E-state index in [1.54, 1.807) is 0 Å². The van der Waals surface area contributed by atoms with Gasteiger partial charge in [-0.1, -0.05) is 0 Å². The van der Waals surface area contributed by atoms with Crippen molar-refractivity contribution in [3.05, 3.63) is 5.25 Å². The molecule has 0 bridgehead atoms. The number of hydrogen-bond donors (Lipinski definition) is 1. The lowest BCUT2D eigenvalue weighted by Gasteiger charge is -2.17. The van der Waals surface area contributed by atoms with Crippen molar-refractivity contribution in [2.45, 2.75) is 6.42 Å². The number of hydrogen-bond acceptors (Lipinski definition) is 2. The Morgan fingerprint density at radius 3 is 2.43 bits per heavy atom. The normalized spacial score (nSPS) is 21.1. The summed E-state index contributed by atoms with van der Waals surface area (Å²) in [6, 6.07) is 0. The summed E-state index contributed by atoms with van der Waals surface area (Å²) in [6.45, 7) is 0. The maximum absolute atomic E-state index is 9.92. The van der Waals surface area contributed by atoms with E-state index in [-0.39, 0.29) is 0 Å². The highest BCUT2D eigenvalue weighted by atomic mass is 32.2. The first-order valence-corrected chi connectivity index (χ1v) is 3.01. The molecule has 0 aromatic carbocycles. The van der Waals surface area contributed by atoms with E-state index in [4.69, 9.17) is 5.11 Å². The fraction of sp³-hybridized carbons (Fsp3) is 0.500. The van der Waals surface area contributed by atoms with Crippen LogP contribution in [0.1, 0.15) is 6.42 Å². The Kier molecular flexibility index (Phi) is 1.23. The molecule has 0 aromatic heterocycles. The SMILES string of the molecule is O=C(O)[C]1CCS1. The van der Waals surface area contributed by atoms with Gasteiger partial charge in [-0.15, -0.1) is 11.8 Å². The van der Waals surface area contributed by atoms with Gasteiger partial charge in [-0.05, 0) is 12.2 Å². The summed E-state index contributed by atoms with van der Waals surface area (Å²) in [5, 5.41) is 8.79. The first kappa shape index (κ1) is 4.97. The van der Waals surface area contributed by atoms with Gasteiger partial charge in [0.15, 0.2) is 0 Å². The van der Waals surface area contributed by atoms with E-state index >= 15 is 0 Å². The van der Waals surface area contributed by atoms with E-state index in [0.29, 0.717) is 5.25 Å². The van der Waals surface area contributed by atoms with Gasteiger partial charge in [-0.2, -0.15) is 0 Å². The van der Waals surface area contributed by atoms with E-state index in [1.807, 2.05) is 0 Å². The van der Waals surface area contributed by atoms with Crippen molar-refractivity contribution in [2.24, 2.45) is 0 Å². The third kappa shape index (κ3) is 0.881. The Bertz CT molecular complexity index is 87.7. The molecule has 1 aliphatic heterocycles. The summed E-state index contributed by atoms with van der Waals surface area (Å²) in [4.78, 5) is 9.92. The standard InChI is InChI=1S/C4H5O2S/c5-4(6)3-1-2-7-3/h1-2H2,(H,5,6). The lowest BCUT2D eigenvalue weighted by molar-refractivity contribution is -0.133. The van der Waals surface area contributed by atoms with E-state index < -0.39 is 5.97 Å². The van der Waals surface area contributed by atoms with Crippen LogP contribution in [0.15, 0.2) is 0 Å². The first-order chi connectivity index (χ1) is 3.30. The Morgan fingerprint density at radius 1 is 1.86 bits per heavy atom. The molecule has 0 saturated carbocycles. The molecule has 0 spiro atoms. The first-order valence-electron chi connectivity index (χ1n) is 2.02. The summed E-state index contributed by atoms with van der Waals surface area (Å²) in [7, 11) is 0. The topological polar surface area (TPSA) is 37.3 Å². The number of rotatable bonds is 1. The molecule has 0 unspecified atom stereocenters. The zero-order valence-electron chi connectivity index (χ0n) is 3.68. The minimum absolute atomic E-state index is 0.611. The second-order valence-electron chi connectivity index (χ2n) is 1.33. The van der Waals surface area contributed by atoms with Gasteiger partial charge < -0.3 is 5.11 Å². The Morgan fingerprint density at radius 2 is 2.43 bits per heavy atom. The molecule has 7 heavy (non-hydrogen) atoms. The minimum Gasteiger partial charge on any atom is -0.480 e. The number of carboxylic acid groups (broad SMARTS) is 1. The van der Waals surface area contributed by atoms with Crippen LogP contribution in [0.4, 0.5) is 0 Å². The fourth-order valence-electron chi connectivity index (χ4n) is 0.373. The predicted molar refractivity (Wildman–Crippen MR) is 28.0 cm³/mol. The van der Waals surface area contributed by atoms with Crippen LogP contribution in [-0.2, 0) is 4.79 Å². The summed E-state index contributed by atoms with van der Waals surface area (Å²) in [5.74, 6) is 0.248. The van der Waals surface area contributed by atoms with Crippen LogP contribution in [0.5, 0.6) is 0 Å². The van der Waals surface area contributed by atoms with Crippen molar-refractivity contribution >= 4 is 17.7 Å². The summed E-state index contributed by atoms with van der Waals surface area (Å²) in [6.07, 6.45) is 0.778. The highest BCUT2D eigenvalue weighted by Crippen LogP contribution is 2.35. The van der Waals surface area contributed by atoms with Crippen molar-refractivity contribution in [3.8, 4) is 0 Å². The number of carbonyl (C=O) groups is 1. The van der Waals surface area contributed by atoms with Crippen molar-refractivity contribution in [1.82, 2.24) is 0 Å². The quantitative estimate of drug-likeness (QED) is 0.550. The van der Waals surface area contributed by atoms with Crippen LogP contribution < -0.4 is 0 Å². The van der Waals surface area contributed by atoms with Gasteiger partial charge in [-0.3, -0.25) is 4.79 Å². The average Bonchev–Trinajstić information content (AvgIpc) is 1.23. The summed E-state index contributed by atoms with van der Waals surface area (Å²) in [5.41, 5.74) is 0. The lowest BCUT2D eigenvalue weighted by Crippen LogP contribution is -2.16. The second kappa shape index (κ2) is 1.74. The molecular weight excluding hydrogens is 112 g/mol. The van der Waals surface area contributed by atoms with Crippen LogP contribution in [-0.4, -0.2) is 16.8 Å². The molecule has 1 fully saturated rings. The van der Waals surface area contributed by atoms with Crippen LogP contribution >= 0.6 is 11.8 Å². The predicted octanol–water partition coefficient (Wildman–Crippen LogP) is 0.740. The summed E-state index contributed by atoms with van der Waals surface area (Å²) >= 11 is 1.43. The monoisotopic (exact) mass is 117 g/mol. The highest BCUT2D eigenvalue weighted by molar-refractivity contribution is 8.04. The van der Waals surface area contributed by atoms with Crippen molar-refractivity contribution in [3.63, 3.8) is 0 Å². The molecule has 0 aromatic rings. The minimum atomic E-state index is -0.740. The second-order valence-corrected chi connectivity index (χ2v) is 2.52. The molecule has 1 saturated heterocycles. The van der Waals surface area contributed by atoms with E-state index in [9.17, 15) is 4.79 Å². The van der Waals surface area contributed by atoms with E-state index in [1.165, 1.54) is 11.8 Å². The zero-order chi connectivity index (χ0) is 5.28. The maximum Gasteiger partial charge on any atom is 0.321 e. The molecule has 0 atom stereocenters. The molecule has 3 heteroatoms. The molecule has 1 aliphatic rings. The molecule has 0 amide bonds. The Balaban J connectivity index is 2.27. The van der Waals surface area contributed by atoms with Gasteiger partial charge in [0.2, 0.25) is 0 Å². The van der Waals surface area contributed by atoms with Crippen LogP contribution in [0.2, 0.25) is 0 Å². The van der Waals surface area contributed by atoms with Crippen molar-refractivity contribution in [1.29, 1.82) is 0 Å². The molecule has 1 rings (SSSR count). The molecule has 1 N–H and O–H groups in total. The van der Waals surface area contributed by atoms with Crippen molar-refractivity contribution in [2.75, 3.05) is 5.75 Å². The highest BCUT2D eigenvalue weighted by Gasteiger charge is 2.26. The lowest BCUT2D eigenvalue weighted by atomic mass is 10.3. The largest absolute Gasteiger partial charge is 0.480 e. The molecule has 0 aliphatic carbocycles. The van der Waals surface area contributed by atoms with E-state index in [2.05, 4.69) is 0 Å². The molecule has 2 nitrogen and oxygen atoms in total. The number of aliphatic carboxylic acids is 1. The number of thioether (sulfide) groups is 1. The fourth-order valence-corrected chi connectivity index (χ4v) is 0.905. The van der Waals surface area contributed by atoms with Crippen LogP contribution in [0.25, 0.3) is 0 Å². The summed E-state index contributed by atoms with van der Waals surface area (Å²) < 4.78 is 0. The van der Waals surface area contributed by atoms with Crippen molar-refractivity contribution < 1.29 is 9.90 Å². The molecule has 1 heterocycles. The third-order valence-corrected chi connectivity index (χ3v) is 1.98. The Labute approximate surface area is 45.9 Å². The number of carboxylic acids is 1. The van der Waals surface area contributed by atoms with Gasteiger partial charge in [-0.25, -0.2) is 0 Å². The van der Waals surface area contributed by atoms with Gasteiger partial charge in [0, 0.05) is 0 Å².